The Labute approximate surface area is 197 Å². The molecule has 0 aliphatic carbocycles. The van der Waals surface area contributed by atoms with Gasteiger partial charge in [-0.05, 0) is 24.5 Å². The second kappa shape index (κ2) is 12.6. The number of guanidine groups is 1. The van der Waals surface area contributed by atoms with Gasteiger partial charge in [-0.15, -0.1) is 24.0 Å². The van der Waals surface area contributed by atoms with Crippen molar-refractivity contribution >= 4 is 35.8 Å². The van der Waals surface area contributed by atoms with Gasteiger partial charge in [0.2, 0.25) is 5.91 Å². The van der Waals surface area contributed by atoms with Gasteiger partial charge in [-0.3, -0.25) is 9.79 Å². The van der Waals surface area contributed by atoms with Crippen LogP contribution in [-0.2, 0) is 4.79 Å². The summed E-state index contributed by atoms with van der Waals surface area (Å²) in [5.41, 5.74) is 2.53. The van der Waals surface area contributed by atoms with Gasteiger partial charge in [-0.1, -0.05) is 67.6 Å². The molecule has 1 unspecified atom stereocenters. The number of hydrogen-bond donors (Lipinski definition) is 2. The normalized spacial score (nSPS) is 16.3. The Morgan fingerprint density at radius 2 is 1.67 bits per heavy atom. The fourth-order valence-corrected chi connectivity index (χ4v) is 3.80. The van der Waals surface area contributed by atoms with Gasteiger partial charge >= 0.3 is 0 Å². The summed E-state index contributed by atoms with van der Waals surface area (Å²) < 4.78 is 0. The molecule has 162 valence electrons. The molecule has 1 amide bonds. The minimum atomic E-state index is 0. The van der Waals surface area contributed by atoms with E-state index in [0.717, 1.165) is 32.0 Å². The summed E-state index contributed by atoms with van der Waals surface area (Å²) in [7, 11) is 0. The number of carbonyl (C=O) groups excluding carboxylic acids is 1. The second-order valence-electron chi connectivity index (χ2n) is 7.42. The zero-order valence-corrected chi connectivity index (χ0v) is 20.2. The van der Waals surface area contributed by atoms with Crippen LogP contribution < -0.4 is 10.6 Å². The highest BCUT2D eigenvalue weighted by atomic mass is 127. The van der Waals surface area contributed by atoms with Gasteiger partial charge < -0.3 is 15.5 Å². The Morgan fingerprint density at radius 1 is 1.07 bits per heavy atom. The van der Waals surface area contributed by atoms with Crippen LogP contribution >= 0.6 is 24.0 Å². The second-order valence-corrected chi connectivity index (χ2v) is 7.42. The van der Waals surface area contributed by atoms with Gasteiger partial charge in [0.25, 0.3) is 0 Å². The van der Waals surface area contributed by atoms with E-state index in [1.165, 1.54) is 11.1 Å². The van der Waals surface area contributed by atoms with E-state index in [9.17, 15) is 4.79 Å². The number of likely N-dealkylation sites (tertiary alicyclic amines) is 1. The van der Waals surface area contributed by atoms with E-state index in [4.69, 9.17) is 4.99 Å². The molecule has 0 aromatic heterocycles. The van der Waals surface area contributed by atoms with Gasteiger partial charge in [0.05, 0.1) is 6.54 Å². The molecule has 1 fully saturated rings. The molecule has 0 radical (unpaired) electrons. The third kappa shape index (κ3) is 6.72. The van der Waals surface area contributed by atoms with Crippen molar-refractivity contribution in [1.29, 1.82) is 0 Å². The topological polar surface area (TPSA) is 56.7 Å². The molecule has 0 saturated carbocycles. The van der Waals surface area contributed by atoms with E-state index in [-0.39, 0.29) is 41.8 Å². The lowest BCUT2D eigenvalue weighted by Gasteiger charge is -2.20. The zero-order valence-electron chi connectivity index (χ0n) is 17.9. The average molecular weight is 520 g/mol. The molecule has 0 bridgehead atoms. The van der Waals surface area contributed by atoms with Crippen LogP contribution in [0.5, 0.6) is 0 Å². The summed E-state index contributed by atoms with van der Waals surface area (Å²) in [6.45, 7) is 7.02. The predicted molar refractivity (Wildman–Crippen MR) is 135 cm³/mol. The molecule has 2 N–H and O–H groups in total. The number of hydrogen-bond acceptors (Lipinski definition) is 2. The minimum Gasteiger partial charge on any atom is -0.357 e. The largest absolute Gasteiger partial charge is 0.357 e. The first kappa shape index (κ1) is 24.2. The molecule has 1 saturated heterocycles. The smallest absolute Gasteiger partial charge is 0.222 e. The molecular formula is C24H33IN4O. The molecular weight excluding hydrogens is 487 g/mol. The SMILES string of the molecule is CCNC(=NCC(c1ccccc1)c1ccccc1)NC1CCN(C(=O)CC)C1.I. The van der Waals surface area contributed by atoms with Crippen molar-refractivity contribution in [2.45, 2.75) is 38.6 Å². The summed E-state index contributed by atoms with van der Waals surface area (Å²) in [5.74, 6) is 1.25. The molecule has 5 nitrogen and oxygen atoms in total. The Bertz CT molecular complexity index is 758. The summed E-state index contributed by atoms with van der Waals surface area (Å²) in [6.07, 6.45) is 1.52. The third-order valence-electron chi connectivity index (χ3n) is 5.36. The maximum absolute atomic E-state index is 12.0. The molecule has 2 aromatic rings. The lowest BCUT2D eigenvalue weighted by molar-refractivity contribution is -0.129. The lowest BCUT2D eigenvalue weighted by atomic mass is 9.91. The average Bonchev–Trinajstić information content (AvgIpc) is 3.23. The Morgan fingerprint density at radius 3 is 2.20 bits per heavy atom. The summed E-state index contributed by atoms with van der Waals surface area (Å²) in [5, 5.41) is 6.89. The Kier molecular flexibility index (Phi) is 10.1. The summed E-state index contributed by atoms with van der Waals surface area (Å²) in [4.78, 5) is 18.8. The predicted octanol–water partition coefficient (Wildman–Crippen LogP) is 4.00. The van der Waals surface area contributed by atoms with Crippen molar-refractivity contribution in [2.75, 3.05) is 26.2 Å². The minimum absolute atomic E-state index is 0. The van der Waals surface area contributed by atoms with Crippen molar-refractivity contribution < 1.29 is 4.79 Å². The van der Waals surface area contributed by atoms with Crippen molar-refractivity contribution in [1.82, 2.24) is 15.5 Å². The van der Waals surface area contributed by atoms with Crippen molar-refractivity contribution in [2.24, 2.45) is 4.99 Å². The van der Waals surface area contributed by atoms with E-state index < -0.39 is 0 Å². The van der Waals surface area contributed by atoms with Crippen LogP contribution in [0.15, 0.2) is 65.7 Å². The number of amides is 1. The molecule has 30 heavy (non-hydrogen) atoms. The van der Waals surface area contributed by atoms with E-state index >= 15 is 0 Å². The Balaban J connectivity index is 0.00000320. The van der Waals surface area contributed by atoms with E-state index in [1.54, 1.807) is 0 Å². The highest BCUT2D eigenvalue weighted by molar-refractivity contribution is 14.0. The van der Waals surface area contributed by atoms with Crippen LogP contribution in [0, 0.1) is 0 Å². The van der Waals surface area contributed by atoms with Crippen LogP contribution in [0.4, 0.5) is 0 Å². The molecule has 2 aromatic carbocycles. The maximum Gasteiger partial charge on any atom is 0.222 e. The molecule has 1 heterocycles. The first-order valence-electron chi connectivity index (χ1n) is 10.6. The first-order valence-corrected chi connectivity index (χ1v) is 10.6. The van der Waals surface area contributed by atoms with Crippen LogP contribution in [0.25, 0.3) is 0 Å². The standard InChI is InChI=1S/C24H32N4O.HI/c1-3-23(29)28-16-15-21(18-28)27-24(25-4-2)26-17-22(19-11-7-5-8-12-19)20-13-9-6-10-14-20;/h5-14,21-22H,3-4,15-18H2,1-2H3,(H2,25,26,27);1H. The fourth-order valence-electron chi connectivity index (χ4n) is 3.80. The van der Waals surface area contributed by atoms with Gasteiger partial charge in [-0.25, -0.2) is 0 Å². The fraction of sp³-hybridized carbons (Fsp3) is 0.417. The number of aliphatic imine (C=N–C) groups is 1. The summed E-state index contributed by atoms with van der Waals surface area (Å²) in [6, 6.07) is 21.3. The lowest BCUT2D eigenvalue weighted by Crippen LogP contribution is -2.45. The van der Waals surface area contributed by atoms with Crippen molar-refractivity contribution in [3.8, 4) is 0 Å². The van der Waals surface area contributed by atoms with Crippen LogP contribution in [-0.4, -0.2) is 49.0 Å². The van der Waals surface area contributed by atoms with E-state index in [0.29, 0.717) is 13.0 Å². The number of halogens is 1. The van der Waals surface area contributed by atoms with Crippen molar-refractivity contribution in [3.05, 3.63) is 71.8 Å². The highest BCUT2D eigenvalue weighted by Gasteiger charge is 2.26. The van der Waals surface area contributed by atoms with E-state index in [1.807, 2.05) is 24.0 Å². The zero-order chi connectivity index (χ0) is 20.5. The van der Waals surface area contributed by atoms with Crippen LogP contribution in [0.1, 0.15) is 43.7 Å². The van der Waals surface area contributed by atoms with Crippen LogP contribution in [0.2, 0.25) is 0 Å². The Hall–Kier alpha value is -2.09. The third-order valence-corrected chi connectivity index (χ3v) is 5.36. The molecule has 6 heteroatoms. The summed E-state index contributed by atoms with van der Waals surface area (Å²) >= 11 is 0. The number of nitrogens with one attached hydrogen (secondary N) is 2. The van der Waals surface area contributed by atoms with Gasteiger partial charge in [0.1, 0.15) is 0 Å². The molecule has 1 atom stereocenters. The maximum atomic E-state index is 12.0. The van der Waals surface area contributed by atoms with Gasteiger partial charge in [0.15, 0.2) is 5.96 Å². The van der Waals surface area contributed by atoms with Gasteiger partial charge in [-0.2, -0.15) is 0 Å². The number of rotatable bonds is 7. The monoisotopic (exact) mass is 520 g/mol. The first-order chi connectivity index (χ1) is 14.2. The molecule has 3 rings (SSSR count). The number of benzene rings is 2. The molecule has 1 aliphatic rings. The quantitative estimate of drug-likeness (QED) is 0.330. The molecule has 0 spiro atoms. The number of carbonyl (C=O) groups is 1. The highest BCUT2D eigenvalue weighted by Crippen LogP contribution is 2.24. The number of nitrogens with zero attached hydrogens (tertiary/aromatic N) is 2. The molecule has 1 aliphatic heterocycles. The van der Waals surface area contributed by atoms with Crippen LogP contribution in [0.3, 0.4) is 0 Å². The van der Waals surface area contributed by atoms with Crippen molar-refractivity contribution in [3.63, 3.8) is 0 Å². The van der Waals surface area contributed by atoms with Gasteiger partial charge in [0, 0.05) is 38.0 Å². The van der Waals surface area contributed by atoms with E-state index in [2.05, 4.69) is 66.1 Å².